The van der Waals surface area contributed by atoms with E-state index in [0.717, 1.165) is 23.4 Å². The predicted octanol–water partition coefficient (Wildman–Crippen LogP) is 3.71. The molecule has 0 atom stereocenters. The Morgan fingerprint density at radius 1 is 1.00 bits per heavy atom. The van der Waals surface area contributed by atoms with Gasteiger partial charge in [-0.3, -0.25) is 9.98 Å². The minimum atomic E-state index is -0.00466. The van der Waals surface area contributed by atoms with Crippen molar-refractivity contribution in [3.8, 4) is 17.2 Å². The molecule has 0 aliphatic rings. The second kappa shape index (κ2) is 8.16. The molecule has 0 aliphatic heterocycles. The maximum Gasteiger partial charge on any atom is 0.128 e. The van der Waals surface area contributed by atoms with Crippen molar-refractivity contribution in [2.45, 2.75) is 13.0 Å². The first-order valence-corrected chi connectivity index (χ1v) is 8.22. The number of ether oxygens (including phenoxy) is 1. The lowest BCUT2D eigenvalue weighted by molar-refractivity contribution is 0.414. The number of phenolic OH excluding ortho intramolecular Hbond substituents is 2. The number of aromatic hydroxyl groups is 2. The van der Waals surface area contributed by atoms with Crippen LogP contribution in [-0.2, 0) is 13.0 Å². The van der Waals surface area contributed by atoms with Gasteiger partial charge in [-0.2, -0.15) is 0 Å². The quantitative estimate of drug-likeness (QED) is 0.666. The molecule has 3 aromatic rings. The third-order valence-electron chi connectivity index (χ3n) is 3.95. The van der Waals surface area contributed by atoms with Crippen LogP contribution in [0, 0.1) is 0 Å². The summed E-state index contributed by atoms with van der Waals surface area (Å²) in [5.41, 5.74) is 3.76. The van der Waals surface area contributed by atoms with Crippen molar-refractivity contribution in [1.29, 1.82) is 0 Å². The van der Waals surface area contributed by atoms with Gasteiger partial charge in [-0.25, -0.2) is 0 Å². The van der Waals surface area contributed by atoms with Crippen LogP contribution < -0.4 is 4.74 Å². The van der Waals surface area contributed by atoms with Crippen LogP contribution in [0.1, 0.15) is 22.4 Å². The Hall–Kier alpha value is -3.34. The molecule has 0 bridgehead atoms. The third-order valence-corrected chi connectivity index (χ3v) is 3.95. The largest absolute Gasteiger partial charge is 0.508 e. The first-order valence-electron chi connectivity index (χ1n) is 8.22. The first kappa shape index (κ1) is 17.5. The summed E-state index contributed by atoms with van der Waals surface area (Å²) in [6.45, 7) is 0.413. The number of benzene rings is 2. The molecule has 0 fully saturated rings. The number of pyridine rings is 1. The number of hydrogen-bond acceptors (Lipinski definition) is 5. The van der Waals surface area contributed by atoms with Gasteiger partial charge < -0.3 is 14.9 Å². The van der Waals surface area contributed by atoms with Crippen LogP contribution in [0.15, 0.2) is 65.8 Å². The van der Waals surface area contributed by atoms with Crippen molar-refractivity contribution >= 4 is 6.21 Å². The standard InChI is InChI=1S/C21H20N2O3/c1-26-20-6-2-15(3-7-20)10-16-8-9-23-18(11-16)14-22-13-17-4-5-19(24)12-21(17)25/h2-9,11-13,24-25H,10,14H2,1H3. The van der Waals surface area contributed by atoms with Crippen LogP contribution in [0.4, 0.5) is 0 Å². The Morgan fingerprint density at radius 3 is 2.54 bits per heavy atom. The van der Waals surface area contributed by atoms with Gasteiger partial charge in [0.2, 0.25) is 0 Å². The van der Waals surface area contributed by atoms with Gasteiger partial charge in [-0.1, -0.05) is 12.1 Å². The first-order chi connectivity index (χ1) is 12.6. The molecular weight excluding hydrogens is 328 g/mol. The molecule has 0 spiro atoms. The Kier molecular flexibility index (Phi) is 5.49. The summed E-state index contributed by atoms with van der Waals surface area (Å²) < 4.78 is 5.18. The zero-order valence-corrected chi connectivity index (χ0v) is 14.5. The molecule has 0 unspecified atom stereocenters. The molecule has 2 N–H and O–H groups in total. The van der Waals surface area contributed by atoms with Crippen LogP contribution in [0.2, 0.25) is 0 Å². The summed E-state index contributed by atoms with van der Waals surface area (Å²) in [4.78, 5) is 8.67. The zero-order valence-electron chi connectivity index (χ0n) is 14.5. The molecule has 1 heterocycles. The molecule has 5 heteroatoms. The van der Waals surface area contributed by atoms with Crippen molar-refractivity contribution in [3.63, 3.8) is 0 Å². The van der Waals surface area contributed by atoms with E-state index in [9.17, 15) is 10.2 Å². The average Bonchev–Trinajstić information content (AvgIpc) is 2.64. The Morgan fingerprint density at radius 2 is 1.81 bits per heavy atom. The maximum atomic E-state index is 9.76. The van der Waals surface area contributed by atoms with E-state index in [1.807, 2.05) is 36.4 Å². The lowest BCUT2D eigenvalue weighted by Gasteiger charge is -2.05. The molecule has 0 radical (unpaired) electrons. The minimum Gasteiger partial charge on any atom is -0.508 e. The summed E-state index contributed by atoms with van der Waals surface area (Å²) in [5.74, 6) is 0.860. The van der Waals surface area contributed by atoms with E-state index < -0.39 is 0 Å². The summed E-state index contributed by atoms with van der Waals surface area (Å²) >= 11 is 0. The smallest absolute Gasteiger partial charge is 0.128 e. The van der Waals surface area contributed by atoms with Gasteiger partial charge >= 0.3 is 0 Å². The molecule has 0 saturated heterocycles. The van der Waals surface area contributed by atoms with E-state index in [4.69, 9.17) is 4.74 Å². The average molecular weight is 348 g/mol. The highest BCUT2D eigenvalue weighted by molar-refractivity contribution is 5.83. The molecule has 1 aromatic heterocycles. The van der Waals surface area contributed by atoms with E-state index >= 15 is 0 Å². The van der Waals surface area contributed by atoms with Crippen LogP contribution >= 0.6 is 0 Å². The monoisotopic (exact) mass is 348 g/mol. The van der Waals surface area contributed by atoms with Crippen molar-refractivity contribution in [2.24, 2.45) is 4.99 Å². The van der Waals surface area contributed by atoms with Crippen molar-refractivity contribution in [3.05, 3.63) is 83.2 Å². The number of aliphatic imine (C=N–C) groups is 1. The van der Waals surface area contributed by atoms with Crippen molar-refractivity contribution in [2.75, 3.05) is 7.11 Å². The van der Waals surface area contributed by atoms with Gasteiger partial charge in [0.25, 0.3) is 0 Å². The number of rotatable bonds is 6. The molecule has 5 nitrogen and oxygen atoms in total. The summed E-state index contributed by atoms with van der Waals surface area (Å²) in [5, 5.41) is 19.1. The second-order valence-electron chi connectivity index (χ2n) is 5.89. The lowest BCUT2D eigenvalue weighted by atomic mass is 10.1. The topological polar surface area (TPSA) is 74.9 Å². The predicted molar refractivity (Wildman–Crippen MR) is 101 cm³/mol. The summed E-state index contributed by atoms with van der Waals surface area (Å²) in [7, 11) is 1.66. The molecular formula is C21H20N2O3. The minimum absolute atomic E-state index is 0.00466. The number of methoxy groups -OCH3 is 1. The molecule has 132 valence electrons. The fourth-order valence-electron chi connectivity index (χ4n) is 2.58. The van der Waals surface area contributed by atoms with Gasteiger partial charge in [0.1, 0.15) is 17.2 Å². The Labute approximate surface area is 152 Å². The lowest BCUT2D eigenvalue weighted by Crippen LogP contribution is -1.94. The van der Waals surface area contributed by atoms with E-state index in [-0.39, 0.29) is 11.5 Å². The molecule has 2 aromatic carbocycles. The Bertz CT molecular complexity index is 905. The van der Waals surface area contributed by atoms with Crippen LogP contribution in [0.3, 0.4) is 0 Å². The summed E-state index contributed by atoms with van der Waals surface area (Å²) in [6, 6.07) is 16.4. The third kappa shape index (κ3) is 4.60. The van der Waals surface area contributed by atoms with Crippen LogP contribution in [0.5, 0.6) is 17.2 Å². The van der Waals surface area contributed by atoms with E-state index in [0.29, 0.717) is 12.1 Å². The summed E-state index contributed by atoms with van der Waals surface area (Å²) in [6.07, 6.45) is 4.16. The highest BCUT2D eigenvalue weighted by Gasteiger charge is 2.01. The van der Waals surface area contributed by atoms with Gasteiger partial charge in [0, 0.05) is 24.0 Å². The van der Waals surface area contributed by atoms with E-state index in [1.54, 1.807) is 25.6 Å². The maximum absolute atomic E-state index is 9.76. The van der Waals surface area contributed by atoms with Crippen molar-refractivity contribution in [1.82, 2.24) is 4.98 Å². The fourth-order valence-corrected chi connectivity index (χ4v) is 2.58. The van der Waals surface area contributed by atoms with Gasteiger partial charge in [-0.15, -0.1) is 0 Å². The molecule has 3 rings (SSSR count). The van der Waals surface area contributed by atoms with Crippen molar-refractivity contribution < 1.29 is 14.9 Å². The molecule has 26 heavy (non-hydrogen) atoms. The van der Waals surface area contributed by atoms with Crippen LogP contribution in [-0.4, -0.2) is 28.5 Å². The molecule has 0 aliphatic carbocycles. The van der Waals surface area contributed by atoms with Gasteiger partial charge in [0.05, 0.1) is 19.3 Å². The number of hydrogen-bond donors (Lipinski definition) is 2. The normalized spacial score (nSPS) is 11.0. The second-order valence-corrected chi connectivity index (χ2v) is 5.89. The fraction of sp³-hybridized carbons (Fsp3) is 0.143. The van der Waals surface area contributed by atoms with Gasteiger partial charge in [-0.05, 0) is 53.9 Å². The number of aromatic nitrogens is 1. The van der Waals surface area contributed by atoms with Crippen LogP contribution in [0.25, 0.3) is 0 Å². The number of nitrogens with zero attached hydrogens (tertiary/aromatic N) is 2. The molecule has 0 saturated carbocycles. The SMILES string of the molecule is COc1ccc(Cc2ccnc(CN=Cc3ccc(O)cc3O)c2)cc1. The van der Waals surface area contributed by atoms with Gasteiger partial charge in [0.15, 0.2) is 0 Å². The highest BCUT2D eigenvalue weighted by atomic mass is 16.5. The van der Waals surface area contributed by atoms with E-state index in [1.165, 1.54) is 17.7 Å². The highest BCUT2D eigenvalue weighted by Crippen LogP contribution is 2.21. The molecule has 0 amide bonds. The van der Waals surface area contributed by atoms with E-state index in [2.05, 4.69) is 9.98 Å². The number of phenols is 2. The Balaban J connectivity index is 1.65. The zero-order chi connectivity index (χ0) is 18.4.